The van der Waals surface area contributed by atoms with Crippen LogP contribution in [0.4, 0.5) is 0 Å². The molecule has 1 atom stereocenters. The first kappa shape index (κ1) is 23.8. The predicted molar refractivity (Wildman–Crippen MR) is 128 cm³/mol. The molecule has 2 aromatic carbocycles. The third kappa shape index (κ3) is 6.35. The molecule has 2 aliphatic rings. The van der Waals surface area contributed by atoms with E-state index in [1.165, 1.54) is 36.5 Å². The van der Waals surface area contributed by atoms with Gasteiger partial charge in [0.25, 0.3) is 5.91 Å². The van der Waals surface area contributed by atoms with Gasteiger partial charge in [-0.2, -0.15) is 0 Å². The van der Waals surface area contributed by atoms with Crippen molar-refractivity contribution in [1.82, 2.24) is 10.6 Å². The van der Waals surface area contributed by atoms with Crippen molar-refractivity contribution in [3.05, 3.63) is 64.2 Å². The van der Waals surface area contributed by atoms with Crippen LogP contribution in [0.2, 0.25) is 0 Å². The van der Waals surface area contributed by atoms with Gasteiger partial charge in [-0.15, -0.1) is 0 Å². The van der Waals surface area contributed by atoms with Crippen LogP contribution in [0.15, 0.2) is 36.4 Å². The summed E-state index contributed by atoms with van der Waals surface area (Å²) in [6.45, 7) is 6.65. The van der Waals surface area contributed by atoms with Gasteiger partial charge in [-0.1, -0.05) is 57.4 Å². The van der Waals surface area contributed by atoms with Gasteiger partial charge >= 0.3 is 0 Å². The summed E-state index contributed by atoms with van der Waals surface area (Å²) in [7, 11) is 0. The molecule has 1 unspecified atom stereocenters. The average molecular weight is 437 g/mol. The highest BCUT2D eigenvalue weighted by Gasteiger charge is 2.33. The average Bonchev–Trinajstić information content (AvgIpc) is 3.57. The van der Waals surface area contributed by atoms with Crippen molar-refractivity contribution < 1.29 is 14.7 Å². The van der Waals surface area contributed by atoms with Gasteiger partial charge in [-0.25, -0.2) is 0 Å². The van der Waals surface area contributed by atoms with Gasteiger partial charge < -0.3 is 15.7 Å². The third-order valence-corrected chi connectivity index (χ3v) is 6.18. The number of aryl methyl sites for hydroxylation is 2. The molecule has 0 bridgehead atoms. The van der Waals surface area contributed by atoms with E-state index in [-0.39, 0.29) is 29.5 Å². The molecule has 1 saturated carbocycles. The Bertz CT molecular complexity index is 948. The predicted octanol–water partition coefficient (Wildman–Crippen LogP) is 5.34. The molecule has 0 saturated heterocycles. The van der Waals surface area contributed by atoms with Crippen molar-refractivity contribution in [1.29, 1.82) is 0 Å². The van der Waals surface area contributed by atoms with Gasteiger partial charge in [-0.3, -0.25) is 9.59 Å². The van der Waals surface area contributed by atoms with Crippen molar-refractivity contribution in [2.24, 2.45) is 5.92 Å². The van der Waals surface area contributed by atoms with Crippen LogP contribution in [0, 0.1) is 12.8 Å². The summed E-state index contributed by atoms with van der Waals surface area (Å²) in [5.74, 6) is 0.329. The maximum atomic E-state index is 12.3. The Morgan fingerprint density at radius 2 is 1.78 bits per heavy atom. The number of carbonyl (C=O) groups excluding carboxylic acids is 2. The lowest BCUT2D eigenvalue weighted by Gasteiger charge is -2.14. The van der Waals surface area contributed by atoms with Gasteiger partial charge in [0, 0.05) is 18.0 Å². The molecule has 1 fully saturated rings. The van der Waals surface area contributed by atoms with Crippen LogP contribution < -0.4 is 10.6 Å². The van der Waals surface area contributed by atoms with E-state index < -0.39 is 0 Å². The quantitative estimate of drug-likeness (QED) is 0.548. The second-order valence-corrected chi connectivity index (χ2v) is 8.94. The summed E-state index contributed by atoms with van der Waals surface area (Å²) in [4.78, 5) is 24.3. The lowest BCUT2D eigenvalue weighted by atomic mass is 10.0. The summed E-state index contributed by atoms with van der Waals surface area (Å²) in [5.41, 5.74) is 4.67. The minimum atomic E-state index is -0.208. The highest BCUT2D eigenvalue weighted by Crippen LogP contribution is 2.34. The number of amides is 2. The molecule has 172 valence electrons. The number of phenols is 1. The summed E-state index contributed by atoms with van der Waals surface area (Å²) in [6, 6.07) is 11.2. The standard InChI is InChI=1S/C22H24N2O3.C5H12/c1-13-2-4-17(11-20(13)25)21(26)23-12-14-3-8-18-16(10-14)7-9-19(18)24-22(27)15-5-6-15;1-3-5-4-2/h2-4,8,10-11,15,19,25H,5-7,9,12H2,1H3,(H,23,26)(H,24,27);3-5H2,1-2H3. The van der Waals surface area contributed by atoms with Crippen LogP contribution in [0.25, 0.3) is 0 Å². The second kappa shape index (κ2) is 11.2. The summed E-state index contributed by atoms with van der Waals surface area (Å²) >= 11 is 0. The lowest BCUT2D eigenvalue weighted by Crippen LogP contribution is -2.28. The van der Waals surface area contributed by atoms with Gasteiger partial charge in [0.2, 0.25) is 5.91 Å². The van der Waals surface area contributed by atoms with Crippen molar-refractivity contribution in [3.8, 4) is 5.75 Å². The first-order valence-corrected chi connectivity index (χ1v) is 11.9. The Labute approximate surface area is 191 Å². The zero-order valence-corrected chi connectivity index (χ0v) is 19.5. The minimum Gasteiger partial charge on any atom is -0.508 e. The fourth-order valence-corrected chi connectivity index (χ4v) is 3.95. The second-order valence-electron chi connectivity index (χ2n) is 8.94. The minimum absolute atomic E-state index is 0.118. The van der Waals surface area contributed by atoms with Crippen LogP contribution in [-0.2, 0) is 17.8 Å². The first-order chi connectivity index (χ1) is 15.4. The van der Waals surface area contributed by atoms with E-state index >= 15 is 0 Å². The zero-order chi connectivity index (χ0) is 23.1. The third-order valence-electron chi connectivity index (χ3n) is 6.18. The van der Waals surface area contributed by atoms with E-state index in [1.807, 2.05) is 6.07 Å². The molecular formula is C27H36N2O3. The number of fused-ring (bicyclic) bond motifs is 1. The number of nitrogens with one attached hydrogen (secondary N) is 2. The van der Waals surface area contributed by atoms with E-state index in [2.05, 4.69) is 36.6 Å². The molecule has 0 radical (unpaired) electrons. The molecule has 2 amide bonds. The number of phenolic OH excluding ortho intramolecular Hbond substituents is 1. The summed E-state index contributed by atoms with van der Waals surface area (Å²) in [5, 5.41) is 15.8. The zero-order valence-electron chi connectivity index (χ0n) is 19.5. The smallest absolute Gasteiger partial charge is 0.251 e. The van der Waals surface area contributed by atoms with Crippen LogP contribution in [0.3, 0.4) is 0 Å². The molecule has 4 rings (SSSR count). The largest absolute Gasteiger partial charge is 0.508 e. The Hall–Kier alpha value is -2.82. The van der Waals surface area contributed by atoms with Gasteiger partial charge in [-0.05, 0) is 67.0 Å². The molecule has 5 heteroatoms. The number of hydrogen-bond acceptors (Lipinski definition) is 3. The van der Waals surface area contributed by atoms with E-state index in [0.717, 1.165) is 36.8 Å². The Balaban J connectivity index is 0.000000523. The highest BCUT2D eigenvalue weighted by molar-refractivity contribution is 5.94. The molecule has 3 N–H and O–H groups in total. The molecule has 5 nitrogen and oxygen atoms in total. The highest BCUT2D eigenvalue weighted by atomic mass is 16.3. The van der Waals surface area contributed by atoms with Crippen LogP contribution >= 0.6 is 0 Å². The molecule has 2 aliphatic carbocycles. The lowest BCUT2D eigenvalue weighted by molar-refractivity contribution is -0.123. The summed E-state index contributed by atoms with van der Waals surface area (Å²) < 4.78 is 0. The van der Waals surface area contributed by atoms with Crippen molar-refractivity contribution in [2.45, 2.75) is 78.3 Å². The molecule has 2 aromatic rings. The summed E-state index contributed by atoms with van der Waals surface area (Å²) in [6.07, 6.45) is 7.99. The molecule has 32 heavy (non-hydrogen) atoms. The van der Waals surface area contributed by atoms with E-state index in [4.69, 9.17) is 0 Å². The van der Waals surface area contributed by atoms with Crippen LogP contribution in [0.5, 0.6) is 5.75 Å². The topological polar surface area (TPSA) is 78.4 Å². The molecule has 0 heterocycles. The molecule has 0 aliphatic heterocycles. The van der Waals surface area contributed by atoms with Gasteiger partial charge in [0.15, 0.2) is 0 Å². The number of rotatable bonds is 7. The fraction of sp³-hybridized carbons (Fsp3) is 0.481. The molecule has 0 aromatic heterocycles. The Kier molecular flexibility index (Phi) is 8.32. The normalized spacial score (nSPS) is 16.5. The number of carbonyl (C=O) groups is 2. The molecule has 0 spiro atoms. The first-order valence-electron chi connectivity index (χ1n) is 11.9. The van der Waals surface area contributed by atoms with Gasteiger partial charge in [0.1, 0.15) is 5.75 Å². The number of benzene rings is 2. The Morgan fingerprint density at radius 3 is 2.41 bits per heavy atom. The maximum absolute atomic E-state index is 12.3. The van der Waals surface area contributed by atoms with Crippen molar-refractivity contribution >= 4 is 11.8 Å². The van der Waals surface area contributed by atoms with Crippen molar-refractivity contribution in [3.63, 3.8) is 0 Å². The fourth-order valence-electron chi connectivity index (χ4n) is 3.95. The number of unbranched alkanes of at least 4 members (excludes halogenated alkanes) is 2. The van der Waals surface area contributed by atoms with Crippen molar-refractivity contribution in [2.75, 3.05) is 0 Å². The Morgan fingerprint density at radius 1 is 1.03 bits per heavy atom. The van der Waals surface area contributed by atoms with Gasteiger partial charge in [0.05, 0.1) is 6.04 Å². The monoisotopic (exact) mass is 436 g/mol. The van der Waals surface area contributed by atoms with Crippen LogP contribution in [0.1, 0.15) is 91.0 Å². The number of aromatic hydroxyl groups is 1. The van der Waals surface area contributed by atoms with Crippen LogP contribution in [-0.4, -0.2) is 16.9 Å². The maximum Gasteiger partial charge on any atom is 0.251 e. The number of hydrogen-bond donors (Lipinski definition) is 3. The van der Waals surface area contributed by atoms with E-state index in [9.17, 15) is 14.7 Å². The molecular weight excluding hydrogens is 400 g/mol. The van der Waals surface area contributed by atoms with E-state index in [0.29, 0.717) is 12.1 Å². The van der Waals surface area contributed by atoms with E-state index in [1.54, 1.807) is 19.1 Å². The SMILES string of the molecule is CCCCC.Cc1ccc(C(=O)NCc2ccc3c(c2)CCC3NC(=O)C2CC2)cc1O.